The molecule has 2 aromatic carbocycles. The molecule has 3 aromatic rings. The van der Waals surface area contributed by atoms with Crippen molar-refractivity contribution in [3.8, 4) is 22.8 Å². The van der Waals surface area contributed by atoms with Crippen LogP contribution in [0.15, 0.2) is 42.5 Å². The highest BCUT2D eigenvalue weighted by Crippen LogP contribution is 2.39. The van der Waals surface area contributed by atoms with Crippen molar-refractivity contribution in [1.29, 1.82) is 0 Å². The number of carbonyl (C=O) groups excluding carboxylic acids is 1. The summed E-state index contributed by atoms with van der Waals surface area (Å²) in [5.74, 6) is 1.94. The van der Waals surface area contributed by atoms with Gasteiger partial charge in [0.1, 0.15) is 13.2 Å². The maximum Gasteiger partial charge on any atom is 0.252 e. The molecule has 0 radical (unpaired) electrons. The predicted octanol–water partition coefficient (Wildman–Crippen LogP) is 7.25. The summed E-state index contributed by atoms with van der Waals surface area (Å²) in [6.07, 6.45) is 14.6. The van der Waals surface area contributed by atoms with E-state index in [2.05, 4.69) is 46.3 Å². The van der Waals surface area contributed by atoms with E-state index in [0.29, 0.717) is 30.6 Å². The van der Waals surface area contributed by atoms with Gasteiger partial charge in [-0.15, -0.1) is 0 Å². The Labute approximate surface area is 275 Å². The quantitative estimate of drug-likeness (QED) is 0.271. The first-order valence-electron chi connectivity index (χ1n) is 18.2. The van der Waals surface area contributed by atoms with Gasteiger partial charge in [-0.05, 0) is 109 Å². The first kappa shape index (κ1) is 31.4. The summed E-state index contributed by atoms with van der Waals surface area (Å²) in [4.78, 5) is 25.2. The second-order valence-corrected chi connectivity index (χ2v) is 14.1. The molecule has 7 nitrogen and oxygen atoms in total. The van der Waals surface area contributed by atoms with Crippen LogP contribution in [-0.2, 0) is 6.42 Å². The lowest BCUT2D eigenvalue weighted by Gasteiger charge is -2.40. The number of rotatable bonds is 9. The fraction of sp³-hybridized carbons (Fsp3) is 0.590. The number of amides is 1. The second kappa shape index (κ2) is 14.7. The monoisotopic (exact) mass is 624 g/mol. The van der Waals surface area contributed by atoms with E-state index in [1.54, 1.807) is 0 Å². The Balaban J connectivity index is 1.18. The first-order chi connectivity index (χ1) is 22.6. The van der Waals surface area contributed by atoms with Crippen molar-refractivity contribution >= 4 is 16.8 Å². The van der Waals surface area contributed by atoms with Gasteiger partial charge in [0.2, 0.25) is 0 Å². The number of aromatic nitrogens is 1. The van der Waals surface area contributed by atoms with Crippen LogP contribution in [0.1, 0.15) is 93.5 Å². The van der Waals surface area contributed by atoms with Crippen LogP contribution in [-0.4, -0.2) is 78.7 Å². The van der Waals surface area contributed by atoms with Crippen molar-refractivity contribution in [3.05, 3.63) is 53.6 Å². The Morgan fingerprint density at radius 3 is 2.33 bits per heavy atom. The molecule has 0 bridgehead atoms. The standard InChI is InChI=1S/C39H52N4O3/c1-28(29-12-5-2-6-13-29)40-39(44)37-32(16-11-19-42-22-17-31(18-23-42)43-20-9-4-10-21-43)38(30-14-7-3-8-15-30)41-34-27-36-35(26-33(34)37)45-24-25-46-36/h3,7-8,14-15,26-29,31H,2,4-6,9-13,16-25H2,1H3,(H,40,44)/t28-/m1/s1. The molecule has 2 saturated heterocycles. The van der Waals surface area contributed by atoms with E-state index in [-0.39, 0.29) is 11.9 Å². The molecule has 1 atom stereocenters. The van der Waals surface area contributed by atoms with Crippen molar-refractivity contribution in [3.63, 3.8) is 0 Å². The summed E-state index contributed by atoms with van der Waals surface area (Å²) in [7, 11) is 0. The Morgan fingerprint density at radius 1 is 0.891 bits per heavy atom. The van der Waals surface area contributed by atoms with Crippen LogP contribution >= 0.6 is 0 Å². The summed E-state index contributed by atoms with van der Waals surface area (Å²) in [5.41, 5.74) is 4.54. The molecule has 4 heterocycles. The molecule has 46 heavy (non-hydrogen) atoms. The van der Waals surface area contributed by atoms with E-state index >= 15 is 0 Å². The number of piperidine rings is 2. The number of hydrogen-bond donors (Lipinski definition) is 1. The van der Waals surface area contributed by atoms with Gasteiger partial charge >= 0.3 is 0 Å². The van der Waals surface area contributed by atoms with E-state index in [9.17, 15) is 4.79 Å². The largest absolute Gasteiger partial charge is 0.486 e. The maximum atomic E-state index is 14.5. The van der Waals surface area contributed by atoms with Crippen LogP contribution in [0.25, 0.3) is 22.2 Å². The van der Waals surface area contributed by atoms with Crippen molar-refractivity contribution in [1.82, 2.24) is 20.1 Å². The van der Waals surface area contributed by atoms with E-state index in [0.717, 1.165) is 58.7 Å². The fourth-order valence-electron chi connectivity index (χ4n) is 8.48. The number of nitrogens with one attached hydrogen (secondary N) is 1. The molecule has 1 amide bonds. The van der Waals surface area contributed by atoms with Crippen molar-refractivity contribution in [2.24, 2.45) is 5.92 Å². The molecule has 1 aliphatic carbocycles. The number of hydrogen-bond acceptors (Lipinski definition) is 6. The normalized spacial score (nSPS) is 20.9. The highest BCUT2D eigenvalue weighted by Gasteiger charge is 2.29. The van der Waals surface area contributed by atoms with E-state index < -0.39 is 0 Å². The van der Waals surface area contributed by atoms with Gasteiger partial charge < -0.3 is 24.6 Å². The van der Waals surface area contributed by atoms with Gasteiger partial charge in [-0.3, -0.25) is 4.79 Å². The maximum absolute atomic E-state index is 14.5. The van der Waals surface area contributed by atoms with Gasteiger partial charge in [-0.2, -0.15) is 0 Å². The second-order valence-electron chi connectivity index (χ2n) is 14.1. The molecule has 3 fully saturated rings. The molecule has 3 aliphatic heterocycles. The van der Waals surface area contributed by atoms with Crippen LogP contribution in [0.3, 0.4) is 0 Å². The number of nitrogens with zero attached hydrogens (tertiary/aromatic N) is 3. The molecule has 0 unspecified atom stereocenters. The minimum absolute atomic E-state index is 0.0108. The molecular weight excluding hydrogens is 572 g/mol. The minimum atomic E-state index is 0.0108. The number of fused-ring (bicyclic) bond motifs is 2. The molecule has 7 heteroatoms. The van der Waals surface area contributed by atoms with Crippen LogP contribution in [0.2, 0.25) is 0 Å². The Hall–Kier alpha value is -3.16. The molecule has 7 rings (SSSR count). The van der Waals surface area contributed by atoms with Crippen molar-refractivity contribution < 1.29 is 14.3 Å². The van der Waals surface area contributed by atoms with Crippen molar-refractivity contribution in [2.75, 3.05) is 45.9 Å². The van der Waals surface area contributed by atoms with Gasteiger partial charge in [0.05, 0.1) is 16.8 Å². The van der Waals surface area contributed by atoms with Crippen LogP contribution < -0.4 is 14.8 Å². The zero-order chi connectivity index (χ0) is 31.3. The molecule has 1 N–H and O–H groups in total. The number of carbonyl (C=O) groups is 1. The summed E-state index contributed by atoms with van der Waals surface area (Å²) < 4.78 is 12.0. The lowest BCUT2D eigenvalue weighted by atomic mass is 9.84. The molecule has 1 aromatic heterocycles. The van der Waals surface area contributed by atoms with Crippen molar-refractivity contribution in [2.45, 2.75) is 96.1 Å². The number of benzene rings is 2. The Bertz CT molecular complexity index is 1470. The van der Waals surface area contributed by atoms with Crippen LogP contribution in [0.4, 0.5) is 0 Å². The topological polar surface area (TPSA) is 66.9 Å². The third-order valence-electron chi connectivity index (χ3n) is 11.1. The average molecular weight is 625 g/mol. The van der Waals surface area contributed by atoms with E-state index in [4.69, 9.17) is 14.5 Å². The van der Waals surface area contributed by atoms with E-state index in [1.165, 1.54) is 90.4 Å². The summed E-state index contributed by atoms with van der Waals surface area (Å²) in [6, 6.07) is 15.2. The summed E-state index contributed by atoms with van der Waals surface area (Å²) >= 11 is 0. The van der Waals surface area contributed by atoms with Gasteiger partial charge in [-0.1, -0.05) is 56.0 Å². The zero-order valence-electron chi connectivity index (χ0n) is 27.8. The lowest BCUT2D eigenvalue weighted by molar-refractivity contribution is 0.0913. The number of likely N-dealkylation sites (tertiary alicyclic amines) is 2. The Morgan fingerprint density at radius 2 is 1.59 bits per heavy atom. The van der Waals surface area contributed by atoms with Gasteiger partial charge in [0, 0.05) is 29.1 Å². The van der Waals surface area contributed by atoms with Crippen LogP contribution in [0, 0.1) is 5.92 Å². The predicted molar refractivity (Wildman–Crippen MR) is 185 cm³/mol. The third-order valence-corrected chi connectivity index (χ3v) is 11.1. The summed E-state index contributed by atoms with van der Waals surface area (Å²) in [5, 5.41) is 4.34. The third kappa shape index (κ3) is 7.06. The molecule has 246 valence electrons. The first-order valence-corrected chi connectivity index (χ1v) is 18.2. The van der Waals surface area contributed by atoms with Crippen LogP contribution in [0.5, 0.6) is 11.5 Å². The minimum Gasteiger partial charge on any atom is -0.486 e. The molecule has 1 saturated carbocycles. The fourth-order valence-corrected chi connectivity index (χ4v) is 8.48. The molecular formula is C39H52N4O3. The van der Waals surface area contributed by atoms with Gasteiger partial charge in [0.25, 0.3) is 5.91 Å². The molecule has 0 spiro atoms. The molecule has 4 aliphatic rings. The highest BCUT2D eigenvalue weighted by atomic mass is 16.6. The van der Waals surface area contributed by atoms with E-state index in [1.807, 2.05) is 18.2 Å². The Kier molecular flexibility index (Phi) is 10.1. The summed E-state index contributed by atoms with van der Waals surface area (Å²) in [6.45, 7) is 9.16. The van der Waals surface area contributed by atoms with Gasteiger partial charge in [-0.25, -0.2) is 4.98 Å². The number of ether oxygens (including phenoxy) is 2. The SMILES string of the molecule is C[C@@H](NC(=O)c1c(CCCN2CCC(N3CCCCC3)CC2)c(-c2ccccc2)nc2cc3c(cc12)OCCO3)C1CCCCC1. The number of pyridine rings is 1. The highest BCUT2D eigenvalue weighted by molar-refractivity contribution is 6.09. The average Bonchev–Trinajstić information content (AvgIpc) is 3.11. The zero-order valence-corrected chi connectivity index (χ0v) is 27.8. The van der Waals surface area contributed by atoms with Gasteiger partial charge in [0.15, 0.2) is 11.5 Å². The smallest absolute Gasteiger partial charge is 0.252 e. The lowest BCUT2D eigenvalue weighted by Crippen LogP contribution is -2.46.